The molecule has 11 heteroatoms. The molecule has 202 valence electrons. The summed E-state index contributed by atoms with van der Waals surface area (Å²) in [7, 11) is 0. The average molecular weight is 572 g/mol. The third kappa shape index (κ3) is 5.70. The number of aromatic nitrogens is 3. The lowest BCUT2D eigenvalue weighted by Crippen LogP contribution is -2.41. The van der Waals surface area contributed by atoms with Gasteiger partial charge in [0, 0.05) is 23.5 Å². The van der Waals surface area contributed by atoms with Gasteiger partial charge in [-0.1, -0.05) is 30.3 Å². The molecule has 0 spiro atoms. The largest absolute Gasteiger partial charge is 0.480 e. The van der Waals surface area contributed by atoms with Crippen molar-refractivity contribution < 1.29 is 19.4 Å². The van der Waals surface area contributed by atoms with Crippen molar-refractivity contribution in [2.45, 2.75) is 25.8 Å². The average Bonchev–Trinajstić information content (AvgIpc) is 3.26. The molecule has 9 nitrogen and oxygen atoms in total. The second kappa shape index (κ2) is 11.6. The monoisotopic (exact) mass is 571 g/mol. The number of anilines is 1. The Morgan fingerprint density at radius 3 is 2.48 bits per heavy atom. The van der Waals surface area contributed by atoms with Crippen LogP contribution in [-0.2, 0) is 9.59 Å². The second-order valence-electron chi connectivity index (χ2n) is 9.09. The van der Waals surface area contributed by atoms with Crippen molar-refractivity contribution in [3.8, 4) is 17.1 Å². The Morgan fingerprint density at radius 1 is 1.00 bits per heavy atom. The van der Waals surface area contributed by atoms with E-state index in [1.807, 2.05) is 54.6 Å². The molecule has 5 rings (SSSR count). The van der Waals surface area contributed by atoms with Gasteiger partial charge in [-0.15, -0.1) is 0 Å². The van der Waals surface area contributed by atoms with Crippen molar-refractivity contribution in [2.24, 2.45) is 4.99 Å². The summed E-state index contributed by atoms with van der Waals surface area (Å²) in [5, 5.41) is 12.8. The Morgan fingerprint density at radius 2 is 1.73 bits per heavy atom. The van der Waals surface area contributed by atoms with E-state index in [0.717, 1.165) is 11.4 Å². The Labute approximate surface area is 240 Å². The van der Waals surface area contributed by atoms with Crippen molar-refractivity contribution in [2.75, 3.05) is 4.90 Å². The number of hydrogen-bond acceptors (Lipinski definition) is 7. The van der Waals surface area contributed by atoms with Crippen molar-refractivity contribution in [1.29, 1.82) is 0 Å². The van der Waals surface area contributed by atoms with Crippen LogP contribution in [0.15, 0.2) is 95.6 Å². The van der Waals surface area contributed by atoms with E-state index in [4.69, 9.17) is 29.2 Å². The highest BCUT2D eigenvalue weighted by atomic mass is 32.1. The molecule has 1 aromatic heterocycles. The topological polar surface area (TPSA) is 105 Å². The molecule has 0 amide bonds. The zero-order valence-corrected chi connectivity index (χ0v) is 23.1. The third-order valence-corrected chi connectivity index (χ3v) is 7.10. The summed E-state index contributed by atoms with van der Waals surface area (Å²) in [6.45, 7) is 1.48. The molecule has 3 aromatic carbocycles. The number of benzene rings is 3. The number of nitrogens with one attached hydrogen (secondary N) is 1. The first-order valence-electron chi connectivity index (χ1n) is 12.4. The second-order valence-corrected chi connectivity index (χ2v) is 9.84. The van der Waals surface area contributed by atoms with Gasteiger partial charge in [0.1, 0.15) is 11.8 Å². The Balaban J connectivity index is 1.36. The lowest BCUT2D eigenvalue weighted by molar-refractivity contribution is -0.138. The predicted octanol–water partition coefficient (Wildman–Crippen LogP) is 6.32. The summed E-state index contributed by atoms with van der Waals surface area (Å²) >= 11 is 11.2. The number of aromatic amines is 1. The summed E-state index contributed by atoms with van der Waals surface area (Å²) in [5.74, 6) is -0.560. The zero-order chi connectivity index (χ0) is 28.2. The quantitative estimate of drug-likeness (QED) is 0.145. The number of allylic oxidation sites excluding steroid dienone is 1. The molecule has 1 aliphatic rings. The maximum Gasteiger partial charge on any atom is 0.326 e. The molecule has 0 aliphatic carbocycles. The van der Waals surface area contributed by atoms with Gasteiger partial charge in [0.2, 0.25) is 4.77 Å². The van der Waals surface area contributed by atoms with Crippen molar-refractivity contribution in [1.82, 2.24) is 14.3 Å². The van der Waals surface area contributed by atoms with Gasteiger partial charge in [-0.3, -0.25) is 14.5 Å². The van der Waals surface area contributed by atoms with Crippen LogP contribution < -0.4 is 9.64 Å². The van der Waals surface area contributed by atoms with Crippen molar-refractivity contribution in [3.05, 3.63) is 100 Å². The van der Waals surface area contributed by atoms with Crippen molar-refractivity contribution in [3.63, 3.8) is 0 Å². The first-order valence-corrected chi connectivity index (χ1v) is 13.3. The number of para-hydroxylation sites is 1. The van der Waals surface area contributed by atoms with Crippen molar-refractivity contribution >= 4 is 54.0 Å². The number of rotatable bonds is 8. The minimum absolute atomic E-state index is 0.0744. The van der Waals surface area contributed by atoms with Gasteiger partial charge < -0.3 is 14.7 Å². The molecule has 2 heterocycles. The number of aliphatic imine (C=N–C) groups is 1. The van der Waals surface area contributed by atoms with E-state index in [9.17, 15) is 14.7 Å². The Bertz CT molecular complexity index is 1750. The number of carbonyl (C=O) groups excluding carboxylic acids is 1. The van der Waals surface area contributed by atoms with Gasteiger partial charge in [-0.25, -0.2) is 14.5 Å². The van der Waals surface area contributed by atoms with Gasteiger partial charge >= 0.3 is 5.97 Å². The van der Waals surface area contributed by atoms with E-state index in [-0.39, 0.29) is 5.78 Å². The number of hydrogen-bond donors (Lipinski definition) is 2. The third-order valence-electron chi connectivity index (χ3n) is 6.46. The minimum Gasteiger partial charge on any atom is -0.480 e. The molecule has 2 N–H and O–H groups in total. The number of H-pyrrole nitrogens is 1. The summed E-state index contributed by atoms with van der Waals surface area (Å²) < 4.78 is 10.2. The number of ether oxygens (including phenoxy) is 1. The fourth-order valence-corrected chi connectivity index (χ4v) is 5.14. The maximum atomic E-state index is 11.9. The summed E-state index contributed by atoms with van der Waals surface area (Å²) in [6.07, 6.45) is 3.70. The fourth-order valence-electron chi connectivity index (χ4n) is 4.46. The van der Waals surface area contributed by atoms with E-state index in [2.05, 4.69) is 10.1 Å². The molecule has 1 aliphatic heterocycles. The smallest absolute Gasteiger partial charge is 0.326 e. The number of nitrogens with zero attached hydrogens (tertiary/aromatic N) is 4. The molecular weight excluding hydrogens is 546 g/mol. The summed E-state index contributed by atoms with van der Waals surface area (Å²) in [4.78, 5) is 29.8. The molecule has 0 fully saturated rings. The SMILES string of the molecule is CC(=O)C1=CN(c2cccc(OC=Nc3cccc(-n4c(=S)[nH]n(-c5ccccc5)c4=S)c3)c2)C(C(=O)O)CC1. The van der Waals surface area contributed by atoms with E-state index in [1.165, 1.54) is 13.3 Å². The predicted molar refractivity (Wildman–Crippen MR) is 158 cm³/mol. The van der Waals surface area contributed by atoms with Gasteiger partial charge in [0.25, 0.3) is 0 Å². The van der Waals surface area contributed by atoms with Crippen LogP contribution in [0.5, 0.6) is 5.75 Å². The normalized spacial score (nSPS) is 15.2. The van der Waals surface area contributed by atoms with E-state index < -0.39 is 12.0 Å². The number of carbonyl (C=O) groups is 2. The van der Waals surface area contributed by atoms with Gasteiger partial charge in [0.05, 0.1) is 17.1 Å². The number of carboxylic acid groups (broad SMARTS) is 1. The number of Topliss-reactive ketones (excluding diaryl/α,β-unsaturated/α-hetero) is 1. The van der Waals surface area contributed by atoms with Gasteiger partial charge in [-0.2, -0.15) is 0 Å². The van der Waals surface area contributed by atoms with Crippen LogP contribution >= 0.6 is 24.4 Å². The molecule has 0 bridgehead atoms. The molecule has 0 saturated heterocycles. The molecule has 0 saturated carbocycles. The molecule has 0 radical (unpaired) electrons. The van der Waals surface area contributed by atoms with Crippen LogP contribution in [0.3, 0.4) is 0 Å². The standard InChI is InChI=1S/C29H25N5O4S2/c1-19(35)20-13-14-26(27(36)37)32(17-20)23-10-6-12-25(16-23)38-18-30-21-7-5-11-24(15-21)33-28(39)31-34(29(33)40)22-8-3-2-4-9-22/h2-12,15-18,26H,13-14H2,1H3,(H,31,39)(H,36,37). The lowest BCUT2D eigenvalue weighted by Gasteiger charge is -2.32. The van der Waals surface area contributed by atoms with E-state index in [0.29, 0.717) is 45.1 Å². The molecule has 1 unspecified atom stereocenters. The van der Waals surface area contributed by atoms with E-state index >= 15 is 0 Å². The van der Waals surface area contributed by atoms with Crippen LogP contribution in [0.1, 0.15) is 19.8 Å². The highest BCUT2D eigenvalue weighted by Crippen LogP contribution is 2.30. The number of carboxylic acids is 1. The van der Waals surface area contributed by atoms with Crippen LogP contribution in [0, 0.1) is 9.54 Å². The zero-order valence-electron chi connectivity index (χ0n) is 21.4. The minimum atomic E-state index is -0.953. The highest BCUT2D eigenvalue weighted by Gasteiger charge is 2.30. The molecule has 40 heavy (non-hydrogen) atoms. The van der Waals surface area contributed by atoms with Gasteiger partial charge in [0.15, 0.2) is 17.0 Å². The number of aliphatic carboxylic acids is 1. The van der Waals surface area contributed by atoms with E-state index in [1.54, 1.807) is 44.6 Å². The Kier molecular flexibility index (Phi) is 7.85. The van der Waals surface area contributed by atoms with Crippen LogP contribution in [0.25, 0.3) is 11.4 Å². The lowest BCUT2D eigenvalue weighted by atomic mass is 9.97. The van der Waals surface area contributed by atoms with Crippen LogP contribution in [-0.4, -0.2) is 43.6 Å². The van der Waals surface area contributed by atoms with Crippen LogP contribution in [0.4, 0.5) is 11.4 Å². The Hall–Kier alpha value is -4.61. The summed E-state index contributed by atoms with van der Waals surface area (Å²) in [5.41, 5.74) is 3.42. The van der Waals surface area contributed by atoms with Crippen LogP contribution in [0.2, 0.25) is 0 Å². The summed E-state index contributed by atoms with van der Waals surface area (Å²) in [6, 6.07) is 23.3. The maximum absolute atomic E-state index is 11.9. The number of ketones is 1. The fraction of sp³-hybridized carbons (Fsp3) is 0.138. The van der Waals surface area contributed by atoms with Gasteiger partial charge in [-0.05, 0) is 86.7 Å². The molecule has 1 atom stereocenters. The first kappa shape index (κ1) is 27.0. The highest BCUT2D eigenvalue weighted by molar-refractivity contribution is 7.72. The molecule has 4 aromatic rings. The molecular formula is C29H25N5O4S2. The first-order chi connectivity index (χ1) is 19.3.